The Morgan fingerprint density at radius 1 is 1.30 bits per heavy atom. The van der Waals surface area contributed by atoms with Gasteiger partial charge in [0.05, 0.1) is 21.6 Å². The Bertz CT molecular complexity index is 781. The predicted octanol–water partition coefficient (Wildman–Crippen LogP) is 4.94. The summed E-state index contributed by atoms with van der Waals surface area (Å²) in [5.41, 5.74) is 1.56. The lowest BCUT2D eigenvalue weighted by molar-refractivity contribution is 0.574. The van der Waals surface area contributed by atoms with Crippen LogP contribution in [-0.4, -0.2) is 9.19 Å². The van der Waals surface area contributed by atoms with Crippen LogP contribution in [0.1, 0.15) is 29.9 Å². The fourth-order valence-electron chi connectivity index (χ4n) is 2.38. The summed E-state index contributed by atoms with van der Waals surface area (Å²) in [6, 6.07) is 10.1. The van der Waals surface area contributed by atoms with Gasteiger partial charge in [0, 0.05) is 10.8 Å². The number of thiophene rings is 1. The minimum Gasteiger partial charge on any atom is -0.444 e. The van der Waals surface area contributed by atoms with Gasteiger partial charge in [0.25, 0.3) is 0 Å². The van der Waals surface area contributed by atoms with Gasteiger partial charge in [0.15, 0.2) is 0 Å². The van der Waals surface area contributed by atoms with Crippen molar-refractivity contribution in [2.45, 2.75) is 24.3 Å². The topological polar surface area (TPSA) is 43.1 Å². The molecular formula is C17H16FNO2S2. The van der Waals surface area contributed by atoms with Crippen LogP contribution in [-0.2, 0) is 16.6 Å². The molecule has 2 aromatic heterocycles. The fourth-order valence-corrected chi connectivity index (χ4v) is 4.50. The molecule has 23 heavy (non-hydrogen) atoms. The monoisotopic (exact) mass is 349 g/mol. The van der Waals surface area contributed by atoms with Crippen LogP contribution in [0.4, 0.5) is 4.39 Å². The van der Waals surface area contributed by atoms with E-state index in [4.69, 9.17) is 4.42 Å². The minimum atomic E-state index is -1.14. The molecule has 0 aliphatic carbocycles. The van der Waals surface area contributed by atoms with E-state index in [-0.39, 0.29) is 11.1 Å². The molecule has 2 atom stereocenters. The van der Waals surface area contributed by atoms with Crippen molar-refractivity contribution < 1.29 is 13.0 Å². The number of rotatable bonds is 6. The second kappa shape index (κ2) is 7.19. The van der Waals surface area contributed by atoms with Crippen molar-refractivity contribution in [2.24, 2.45) is 0 Å². The van der Waals surface area contributed by atoms with Gasteiger partial charge in [-0.2, -0.15) is 0 Å². The van der Waals surface area contributed by atoms with E-state index >= 15 is 0 Å². The van der Waals surface area contributed by atoms with Crippen molar-refractivity contribution in [1.29, 1.82) is 0 Å². The van der Waals surface area contributed by atoms with Crippen molar-refractivity contribution in [3.05, 3.63) is 65.1 Å². The van der Waals surface area contributed by atoms with Crippen LogP contribution in [0.25, 0.3) is 10.8 Å². The highest BCUT2D eigenvalue weighted by Gasteiger charge is 2.19. The van der Waals surface area contributed by atoms with Gasteiger partial charge in [0.2, 0.25) is 5.89 Å². The predicted molar refractivity (Wildman–Crippen MR) is 91.1 cm³/mol. The molecule has 6 heteroatoms. The van der Waals surface area contributed by atoms with Crippen LogP contribution in [0, 0.1) is 5.82 Å². The van der Waals surface area contributed by atoms with Crippen LogP contribution < -0.4 is 0 Å². The van der Waals surface area contributed by atoms with Crippen LogP contribution in [0.3, 0.4) is 0 Å². The lowest BCUT2D eigenvalue weighted by Crippen LogP contribution is -2.08. The molecule has 0 radical (unpaired) electrons. The van der Waals surface area contributed by atoms with Crippen molar-refractivity contribution in [1.82, 2.24) is 4.98 Å². The van der Waals surface area contributed by atoms with Gasteiger partial charge < -0.3 is 4.42 Å². The highest BCUT2D eigenvalue weighted by atomic mass is 32.2. The van der Waals surface area contributed by atoms with Gasteiger partial charge in [-0.05, 0) is 35.6 Å². The van der Waals surface area contributed by atoms with Crippen molar-refractivity contribution in [3.63, 3.8) is 0 Å². The first-order valence-corrected chi connectivity index (χ1v) is 9.54. The molecule has 0 aliphatic heterocycles. The van der Waals surface area contributed by atoms with Crippen LogP contribution in [0.2, 0.25) is 0 Å². The van der Waals surface area contributed by atoms with E-state index in [9.17, 15) is 8.60 Å². The molecule has 0 fully saturated rings. The van der Waals surface area contributed by atoms with E-state index in [1.165, 1.54) is 12.1 Å². The molecule has 0 saturated carbocycles. The lowest BCUT2D eigenvalue weighted by atomic mass is 10.1. The zero-order valence-electron chi connectivity index (χ0n) is 12.6. The van der Waals surface area contributed by atoms with Gasteiger partial charge in [-0.3, -0.25) is 4.21 Å². The molecule has 0 amide bonds. The maximum atomic E-state index is 13.0. The minimum absolute atomic E-state index is 0.141. The van der Waals surface area contributed by atoms with Crippen LogP contribution in [0.15, 0.2) is 52.5 Å². The molecule has 0 aliphatic rings. The molecule has 120 valence electrons. The summed E-state index contributed by atoms with van der Waals surface area (Å²) in [5.74, 6) is 0.596. The van der Waals surface area contributed by atoms with Crippen molar-refractivity contribution in [3.8, 4) is 10.8 Å². The quantitative estimate of drug-likeness (QED) is 0.633. The summed E-state index contributed by atoms with van der Waals surface area (Å²) >= 11 is 1.55. The van der Waals surface area contributed by atoms with Crippen molar-refractivity contribution in [2.75, 3.05) is 0 Å². The lowest BCUT2D eigenvalue weighted by Gasteiger charge is -2.14. The van der Waals surface area contributed by atoms with Crippen molar-refractivity contribution >= 4 is 22.1 Å². The van der Waals surface area contributed by atoms with E-state index in [0.29, 0.717) is 23.8 Å². The maximum Gasteiger partial charge on any atom is 0.236 e. The number of oxazole rings is 1. The average molecular weight is 349 g/mol. The SMILES string of the molecule is CC[C@@H](c1ccc(F)cc1)[S@@](=O)Cc1coc(-c2cccs2)n1. The third-order valence-electron chi connectivity index (χ3n) is 3.50. The maximum absolute atomic E-state index is 13.0. The summed E-state index contributed by atoms with van der Waals surface area (Å²) in [6.07, 6.45) is 2.28. The second-order valence-electron chi connectivity index (χ2n) is 5.09. The third kappa shape index (κ3) is 3.76. The molecule has 0 spiro atoms. The van der Waals surface area contributed by atoms with Gasteiger partial charge in [-0.15, -0.1) is 11.3 Å². The van der Waals surface area contributed by atoms with Gasteiger partial charge in [-0.25, -0.2) is 9.37 Å². The van der Waals surface area contributed by atoms with Crippen LogP contribution >= 0.6 is 11.3 Å². The summed E-state index contributed by atoms with van der Waals surface area (Å²) in [6.45, 7) is 1.98. The van der Waals surface area contributed by atoms with Crippen LogP contribution in [0.5, 0.6) is 0 Å². The highest BCUT2D eigenvalue weighted by molar-refractivity contribution is 7.84. The third-order valence-corrected chi connectivity index (χ3v) is 6.18. The van der Waals surface area contributed by atoms with Gasteiger partial charge in [0.1, 0.15) is 12.1 Å². The second-order valence-corrected chi connectivity index (χ2v) is 7.66. The molecule has 3 rings (SSSR count). The Morgan fingerprint density at radius 3 is 2.74 bits per heavy atom. The molecular weight excluding hydrogens is 333 g/mol. The summed E-state index contributed by atoms with van der Waals surface area (Å²) in [7, 11) is -1.14. The zero-order valence-corrected chi connectivity index (χ0v) is 14.2. The molecule has 2 heterocycles. The molecule has 0 unspecified atom stereocenters. The Labute approximate surface area is 140 Å². The number of hydrogen-bond acceptors (Lipinski definition) is 4. The number of aromatic nitrogens is 1. The molecule has 3 nitrogen and oxygen atoms in total. The number of benzene rings is 1. The average Bonchev–Trinajstić information content (AvgIpc) is 3.21. The Balaban J connectivity index is 1.73. The van der Waals surface area contributed by atoms with Gasteiger partial charge >= 0.3 is 0 Å². The zero-order chi connectivity index (χ0) is 16.2. The van der Waals surface area contributed by atoms with E-state index in [2.05, 4.69) is 4.98 Å². The molecule has 1 aromatic carbocycles. The van der Waals surface area contributed by atoms with E-state index in [1.54, 1.807) is 29.7 Å². The summed E-state index contributed by atoms with van der Waals surface area (Å²) in [4.78, 5) is 5.36. The summed E-state index contributed by atoms with van der Waals surface area (Å²) in [5, 5.41) is 1.82. The number of halogens is 1. The van der Waals surface area contributed by atoms with E-state index in [0.717, 1.165) is 10.4 Å². The first-order chi connectivity index (χ1) is 11.2. The first kappa shape index (κ1) is 16.1. The Kier molecular flexibility index (Phi) is 5.03. The number of hydrogen-bond donors (Lipinski definition) is 0. The molecule has 0 N–H and O–H groups in total. The normalized spacial score (nSPS) is 13.8. The highest BCUT2D eigenvalue weighted by Crippen LogP contribution is 2.28. The van der Waals surface area contributed by atoms with E-state index in [1.807, 2.05) is 24.4 Å². The largest absolute Gasteiger partial charge is 0.444 e. The number of nitrogens with zero attached hydrogens (tertiary/aromatic N) is 1. The standard InChI is InChI=1S/C17H16FNO2S2/c1-2-16(12-5-7-13(18)8-6-12)23(20)11-14-10-21-17(19-14)15-4-3-9-22-15/h3-10,16H,2,11H2,1H3/t16-,23-/m0/s1. The summed E-state index contributed by atoms with van der Waals surface area (Å²) < 4.78 is 31.2. The Hall–Kier alpha value is -1.79. The fraction of sp³-hybridized carbons (Fsp3) is 0.235. The van der Waals surface area contributed by atoms with E-state index < -0.39 is 10.8 Å². The Morgan fingerprint density at radius 2 is 2.09 bits per heavy atom. The van der Waals surface area contributed by atoms with Gasteiger partial charge in [-0.1, -0.05) is 25.1 Å². The smallest absolute Gasteiger partial charge is 0.236 e. The molecule has 0 bridgehead atoms. The molecule has 0 saturated heterocycles. The first-order valence-electron chi connectivity index (χ1n) is 7.28. The molecule has 3 aromatic rings.